The SMILES string of the molecule is CCCNc1nc(Nc2ccc3c(F)nn(C)c3c2)ncc1C#CCCCNC(=O)[C@@H]1CCCN1C(=O)C=CCN(C)C. The van der Waals surface area contributed by atoms with Crippen LogP contribution in [0.2, 0.25) is 0 Å². The van der Waals surface area contributed by atoms with E-state index in [0.29, 0.717) is 72.8 Å². The van der Waals surface area contributed by atoms with Crippen molar-refractivity contribution in [2.45, 2.75) is 45.1 Å². The summed E-state index contributed by atoms with van der Waals surface area (Å²) in [5.74, 6) is 6.57. The predicted octanol–water partition coefficient (Wildman–Crippen LogP) is 3.42. The Kier molecular flexibility index (Phi) is 11.0. The summed E-state index contributed by atoms with van der Waals surface area (Å²) >= 11 is 0. The largest absolute Gasteiger partial charge is 0.369 e. The van der Waals surface area contributed by atoms with Crippen LogP contribution >= 0.6 is 0 Å². The molecule has 11 nitrogen and oxygen atoms in total. The highest BCUT2D eigenvalue weighted by Gasteiger charge is 2.32. The van der Waals surface area contributed by atoms with E-state index in [-0.39, 0.29) is 11.8 Å². The molecule has 12 heteroatoms. The lowest BCUT2D eigenvalue weighted by Gasteiger charge is -2.22. The maximum atomic E-state index is 13.9. The fourth-order valence-electron chi connectivity index (χ4n) is 4.76. The average Bonchev–Trinajstić information content (AvgIpc) is 3.58. The molecule has 0 bridgehead atoms. The Morgan fingerprint density at radius 2 is 2.09 bits per heavy atom. The number of likely N-dealkylation sites (N-methyl/N-ethyl adjacent to an activating group) is 1. The predicted molar refractivity (Wildman–Crippen MR) is 166 cm³/mol. The summed E-state index contributed by atoms with van der Waals surface area (Å²) in [5, 5.41) is 13.7. The molecule has 1 aromatic carbocycles. The highest BCUT2D eigenvalue weighted by Crippen LogP contribution is 2.24. The van der Waals surface area contributed by atoms with E-state index in [9.17, 15) is 14.0 Å². The second-order valence-electron chi connectivity index (χ2n) is 10.7. The minimum absolute atomic E-state index is 0.116. The van der Waals surface area contributed by atoms with Crippen LogP contribution in [0.25, 0.3) is 10.9 Å². The summed E-state index contributed by atoms with van der Waals surface area (Å²) in [7, 11) is 5.57. The fraction of sp³-hybridized carbons (Fsp3) is 0.452. The highest BCUT2D eigenvalue weighted by atomic mass is 19.1. The van der Waals surface area contributed by atoms with E-state index in [1.165, 1.54) is 4.68 Å². The highest BCUT2D eigenvalue weighted by molar-refractivity contribution is 5.93. The standard InChI is InChI=1S/C31H40FN9O2/c1-5-16-33-29-22(21-35-31(37-29)36-23-14-15-24-26(20-23)40(4)38-28(24)32)11-7-6-8-17-34-30(43)25-12-9-19-41(25)27(42)13-10-18-39(2)3/h10,13-15,20-21,25H,5-6,8-9,12,16-19H2,1-4H3,(H,34,43)(H2,33,35,36,37)/t25-/m0/s1. The molecular weight excluding hydrogens is 549 g/mol. The van der Waals surface area contributed by atoms with Crippen molar-refractivity contribution in [3.05, 3.63) is 48.1 Å². The van der Waals surface area contributed by atoms with E-state index in [1.54, 1.807) is 42.4 Å². The third-order valence-electron chi connectivity index (χ3n) is 6.96. The lowest BCUT2D eigenvalue weighted by atomic mass is 10.2. The summed E-state index contributed by atoms with van der Waals surface area (Å²) in [6, 6.07) is 4.80. The molecule has 0 saturated carbocycles. The van der Waals surface area contributed by atoms with Crippen LogP contribution in [0.3, 0.4) is 0 Å². The van der Waals surface area contributed by atoms with Crippen molar-refractivity contribution in [3.8, 4) is 11.8 Å². The molecule has 4 rings (SSSR count). The first-order valence-electron chi connectivity index (χ1n) is 14.7. The Bertz CT molecular complexity index is 1520. The van der Waals surface area contributed by atoms with Gasteiger partial charge < -0.3 is 25.8 Å². The number of benzene rings is 1. The zero-order valence-corrected chi connectivity index (χ0v) is 25.3. The topological polar surface area (TPSA) is 120 Å². The molecule has 0 radical (unpaired) electrons. The molecule has 0 spiro atoms. The summed E-state index contributed by atoms with van der Waals surface area (Å²) in [5.41, 5.74) is 2.05. The lowest BCUT2D eigenvalue weighted by molar-refractivity contribution is -0.135. The molecular formula is C31H40FN9O2. The van der Waals surface area contributed by atoms with Crippen LogP contribution in [0.15, 0.2) is 36.5 Å². The summed E-state index contributed by atoms with van der Waals surface area (Å²) in [6.07, 6.45) is 8.71. The van der Waals surface area contributed by atoms with Crippen LogP contribution in [0.4, 0.5) is 21.8 Å². The van der Waals surface area contributed by atoms with Gasteiger partial charge in [-0.05, 0) is 58.0 Å². The van der Waals surface area contributed by atoms with E-state index >= 15 is 0 Å². The molecule has 1 aliphatic rings. The Labute approximate surface area is 251 Å². The van der Waals surface area contributed by atoms with Gasteiger partial charge in [0.1, 0.15) is 11.9 Å². The number of hydrogen-bond acceptors (Lipinski definition) is 8. The number of aromatic nitrogens is 4. The molecule has 3 aromatic rings. The molecule has 0 aliphatic carbocycles. The number of hydrogen-bond donors (Lipinski definition) is 3. The van der Waals surface area contributed by atoms with Gasteiger partial charge in [0, 0.05) is 51.4 Å². The number of amides is 2. The summed E-state index contributed by atoms with van der Waals surface area (Å²) in [6.45, 7) is 4.54. The lowest BCUT2D eigenvalue weighted by Crippen LogP contribution is -2.45. The zero-order valence-electron chi connectivity index (χ0n) is 25.3. The number of halogens is 1. The van der Waals surface area contributed by atoms with Crippen molar-refractivity contribution in [2.24, 2.45) is 7.05 Å². The third kappa shape index (κ3) is 8.51. The molecule has 1 atom stereocenters. The Hall–Kier alpha value is -4.50. The van der Waals surface area contributed by atoms with Crippen LogP contribution < -0.4 is 16.0 Å². The smallest absolute Gasteiger partial charge is 0.246 e. The maximum Gasteiger partial charge on any atom is 0.246 e. The number of carbonyl (C=O) groups excluding carboxylic acids is 2. The van der Waals surface area contributed by atoms with Gasteiger partial charge >= 0.3 is 0 Å². The van der Waals surface area contributed by atoms with E-state index < -0.39 is 12.0 Å². The molecule has 3 N–H and O–H groups in total. The molecule has 3 heterocycles. The van der Waals surface area contributed by atoms with Gasteiger partial charge in [-0.1, -0.05) is 24.8 Å². The zero-order chi connectivity index (χ0) is 30.8. The van der Waals surface area contributed by atoms with Gasteiger partial charge in [-0.15, -0.1) is 5.10 Å². The number of carbonyl (C=O) groups is 2. The molecule has 2 aromatic heterocycles. The Morgan fingerprint density at radius 3 is 2.88 bits per heavy atom. The Morgan fingerprint density at radius 1 is 1.26 bits per heavy atom. The van der Waals surface area contributed by atoms with Crippen molar-refractivity contribution in [2.75, 3.05) is 50.9 Å². The number of aryl methyl sites for hydroxylation is 1. The van der Waals surface area contributed by atoms with Crippen molar-refractivity contribution >= 4 is 40.2 Å². The van der Waals surface area contributed by atoms with Crippen LogP contribution in [0.5, 0.6) is 0 Å². The number of anilines is 3. The van der Waals surface area contributed by atoms with E-state index in [1.807, 2.05) is 25.1 Å². The molecule has 2 amide bonds. The number of nitrogens with zero attached hydrogens (tertiary/aromatic N) is 6. The molecule has 0 unspecified atom stereocenters. The van der Waals surface area contributed by atoms with Crippen molar-refractivity contribution < 1.29 is 14.0 Å². The first kappa shape index (κ1) is 31.4. The minimum atomic E-state index is -0.507. The van der Waals surface area contributed by atoms with Crippen LogP contribution in [0, 0.1) is 17.8 Å². The van der Waals surface area contributed by atoms with Gasteiger partial charge in [0.2, 0.25) is 23.7 Å². The van der Waals surface area contributed by atoms with Crippen molar-refractivity contribution in [1.82, 2.24) is 34.9 Å². The van der Waals surface area contributed by atoms with Gasteiger partial charge in [-0.3, -0.25) is 14.3 Å². The third-order valence-corrected chi connectivity index (χ3v) is 6.96. The normalized spacial score (nSPS) is 14.7. The fourth-order valence-corrected chi connectivity index (χ4v) is 4.76. The monoisotopic (exact) mass is 589 g/mol. The summed E-state index contributed by atoms with van der Waals surface area (Å²) < 4.78 is 15.4. The van der Waals surface area contributed by atoms with Gasteiger partial charge in [-0.25, -0.2) is 4.98 Å². The van der Waals surface area contributed by atoms with Gasteiger partial charge in [0.05, 0.1) is 22.7 Å². The second kappa shape index (κ2) is 15.1. The van der Waals surface area contributed by atoms with E-state index in [2.05, 4.69) is 49.8 Å². The van der Waals surface area contributed by atoms with Gasteiger partial charge in [0.25, 0.3) is 0 Å². The first-order chi connectivity index (χ1) is 20.8. The van der Waals surface area contributed by atoms with Crippen LogP contribution in [0.1, 0.15) is 44.6 Å². The van der Waals surface area contributed by atoms with Crippen molar-refractivity contribution in [1.29, 1.82) is 0 Å². The maximum absolute atomic E-state index is 13.9. The van der Waals surface area contributed by atoms with Crippen molar-refractivity contribution in [3.63, 3.8) is 0 Å². The van der Waals surface area contributed by atoms with Crippen LogP contribution in [-0.2, 0) is 16.6 Å². The van der Waals surface area contributed by atoms with Crippen LogP contribution in [-0.4, -0.2) is 87.7 Å². The quantitative estimate of drug-likeness (QED) is 0.167. The molecule has 43 heavy (non-hydrogen) atoms. The molecule has 228 valence electrons. The second-order valence-corrected chi connectivity index (χ2v) is 10.7. The van der Waals surface area contributed by atoms with E-state index in [0.717, 1.165) is 19.4 Å². The molecule has 1 fully saturated rings. The Balaban J connectivity index is 1.30. The number of fused-ring (bicyclic) bond motifs is 1. The first-order valence-corrected chi connectivity index (χ1v) is 14.7. The minimum Gasteiger partial charge on any atom is -0.369 e. The summed E-state index contributed by atoms with van der Waals surface area (Å²) in [4.78, 5) is 38.0. The van der Waals surface area contributed by atoms with Gasteiger partial charge in [0.15, 0.2) is 0 Å². The average molecular weight is 590 g/mol. The number of nitrogens with one attached hydrogen (secondary N) is 3. The molecule has 1 aliphatic heterocycles. The number of likely N-dealkylation sites (tertiary alicyclic amines) is 1. The van der Waals surface area contributed by atoms with E-state index in [4.69, 9.17) is 0 Å². The number of unbranched alkanes of at least 4 members (excludes halogenated alkanes) is 1. The van der Waals surface area contributed by atoms with Gasteiger partial charge in [-0.2, -0.15) is 9.37 Å². The number of rotatable bonds is 12. The molecule has 1 saturated heterocycles.